The van der Waals surface area contributed by atoms with Crippen LogP contribution in [0.15, 0.2) is 35.1 Å². The number of piperidine rings is 1. The molecule has 0 radical (unpaired) electrons. The lowest BCUT2D eigenvalue weighted by Gasteiger charge is -2.36. The first-order valence-electron chi connectivity index (χ1n) is 8.22. The van der Waals surface area contributed by atoms with Crippen molar-refractivity contribution in [3.8, 4) is 0 Å². The van der Waals surface area contributed by atoms with E-state index in [4.69, 9.17) is 0 Å². The van der Waals surface area contributed by atoms with Gasteiger partial charge in [-0.15, -0.1) is 0 Å². The van der Waals surface area contributed by atoms with Crippen LogP contribution in [0.4, 0.5) is 4.39 Å². The number of carbonyl (C=O) groups excluding carboxylic acids is 1. The molecular weight excluding hydrogens is 325 g/mol. The molecule has 0 bridgehead atoms. The van der Waals surface area contributed by atoms with Gasteiger partial charge in [-0.05, 0) is 49.4 Å². The lowest BCUT2D eigenvalue weighted by molar-refractivity contribution is 0.0194. The molecule has 25 heavy (non-hydrogen) atoms. The fraction of sp³-hybridized carbons (Fsp3) is 0.389. The summed E-state index contributed by atoms with van der Waals surface area (Å²) in [4.78, 5) is 31.7. The molecule has 1 saturated heterocycles. The standard InChI is InChI=1S/C18H20FN3O3/c1-11-8-15(21-18(25)20-11)17(24)22-7-6-13(16(23)10-22)9-12-2-4-14(19)5-3-12/h2-5,8,13,16,23H,6-7,9-10H2,1H3,(H,20,21,25)/t13-,16+/m1/s1. The average molecular weight is 345 g/mol. The Morgan fingerprint density at radius 3 is 2.76 bits per heavy atom. The number of hydrogen-bond donors (Lipinski definition) is 2. The van der Waals surface area contributed by atoms with E-state index >= 15 is 0 Å². The van der Waals surface area contributed by atoms with E-state index in [1.54, 1.807) is 19.1 Å². The lowest BCUT2D eigenvalue weighted by atomic mass is 9.87. The van der Waals surface area contributed by atoms with Crippen LogP contribution in [0.25, 0.3) is 0 Å². The van der Waals surface area contributed by atoms with E-state index < -0.39 is 11.8 Å². The Morgan fingerprint density at radius 2 is 2.12 bits per heavy atom. The van der Waals surface area contributed by atoms with Gasteiger partial charge in [-0.2, -0.15) is 4.98 Å². The second-order valence-electron chi connectivity index (χ2n) is 6.45. The van der Waals surface area contributed by atoms with E-state index in [9.17, 15) is 19.1 Å². The zero-order chi connectivity index (χ0) is 18.0. The van der Waals surface area contributed by atoms with Gasteiger partial charge in [0.25, 0.3) is 5.91 Å². The SMILES string of the molecule is Cc1cc(C(=O)N2CC[C@H](Cc3ccc(F)cc3)[C@@H](O)C2)nc(=O)[nH]1. The third-order valence-corrected chi connectivity index (χ3v) is 4.52. The number of amides is 1. The molecule has 2 aromatic rings. The van der Waals surface area contributed by atoms with Crippen molar-refractivity contribution in [3.63, 3.8) is 0 Å². The molecule has 7 heteroatoms. The lowest BCUT2D eigenvalue weighted by Crippen LogP contribution is -2.47. The summed E-state index contributed by atoms with van der Waals surface area (Å²) in [5, 5.41) is 10.4. The molecule has 3 rings (SSSR count). The van der Waals surface area contributed by atoms with Crippen molar-refractivity contribution in [2.75, 3.05) is 13.1 Å². The number of aromatic amines is 1. The minimum absolute atomic E-state index is 0.00313. The summed E-state index contributed by atoms with van der Waals surface area (Å²) in [5.41, 5.74) is 1.05. The molecule has 2 atom stereocenters. The van der Waals surface area contributed by atoms with E-state index in [0.29, 0.717) is 25.1 Å². The summed E-state index contributed by atoms with van der Waals surface area (Å²) < 4.78 is 13.0. The van der Waals surface area contributed by atoms with Crippen LogP contribution in [-0.4, -0.2) is 45.1 Å². The molecule has 0 aliphatic carbocycles. The summed E-state index contributed by atoms with van der Waals surface area (Å²) in [6.07, 6.45) is 0.587. The van der Waals surface area contributed by atoms with Crippen LogP contribution in [0.1, 0.15) is 28.2 Å². The van der Waals surface area contributed by atoms with Gasteiger partial charge in [-0.3, -0.25) is 4.79 Å². The summed E-state index contributed by atoms with van der Waals surface area (Å²) in [7, 11) is 0. The Kier molecular flexibility index (Phi) is 4.94. The molecule has 0 spiro atoms. The van der Waals surface area contributed by atoms with Crippen LogP contribution >= 0.6 is 0 Å². The second kappa shape index (κ2) is 7.14. The van der Waals surface area contributed by atoms with Crippen molar-refractivity contribution < 1.29 is 14.3 Å². The first-order chi connectivity index (χ1) is 11.9. The van der Waals surface area contributed by atoms with Gasteiger partial charge in [0.1, 0.15) is 11.5 Å². The van der Waals surface area contributed by atoms with E-state index in [1.165, 1.54) is 23.1 Å². The molecule has 0 saturated carbocycles. The zero-order valence-electron chi connectivity index (χ0n) is 13.9. The van der Waals surface area contributed by atoms with Gasteiger partial charge >= 0.3 is 5.69 Å². The molecule has 1 aliphatic heterocycles. The van der Waals surface area contributed by atoms with Gasteiger partial charge in [-0.1, -0.05) is 12.1 Å². The van der Waals surface area contributed by atoms with Gasteiger partial charge in [0, 0.05) is 18.8 Å². The highest BCUT2D eigenvalue weighted by molar-refractivity contribution is 5.92. The quantitative estimate of drug-likeness (QED) is 0.877. The Labute approximate surface area is 144 Å². The minimum atomic E-state index is -0.675. The third kappa shape index (κ3) is 4.11. The number of benzene rings is 1. The topological polar surface area (TPSA) is 86.3 Å². The van der Waals surface area contributed by atoms with Crippen molar-refractivity contribution in [1.82, 2.24) is 14.9 Å². The Balaban J connectivity index is 1.65. The molecule has 1 aromatic carbocycles. The molecule has 0 unspecified atom stereocenters. The maximum atomic E-state index is 13.0. The average Bonchev–Trinajstić information content (AvgIpc) is 2.57. The van der Waals surface area contributed by atoms with Crippen LogP contribution in [0.3, 0.4) is 0 Å². The number of hydrogen-bond acceptors (Lipinski definition) is 4. The molecule has 132 valence electrons. The van der Waals surface area contributed by atoms with Crippen molar-refractivity contribution in [3.05, 3.63) is 63.6 Å². The Bertz CT molecular complexity index is 819. The normalized spacial score (nSPS) is 20.5. The highest BCUT2D eigenvalue weighted by atomic mass is 19.1. The number of aryl methyl sites for hydroxylation is 1. The second-order valence-corrected chi connectivity index (χ2v) is 6.45. The van der Waals surface area contributed by atoms with E-state index in [1.807, 2.05) is 0 Å². The minimum Gasteiger partial charge on any atom is -0.391 e. The van der Waals surface area contributed by atoms with Crippen LogP contribution in [0, 0.1) is 18.7 Å². The van der Waals surface area contributed by atoms with Crippen LogP contribution in [0.5, 0.6) is 0 Å². The van der Waals surface area contributed by atoms with Crippen LogP contribution < -0.4 is 5.69 Å². The third-order valence-electron chi connectivity index (χ3n) is 4.52. The van der Waals surface area contributed by atoms with Crippen molar-refractivity contribution in [2.45, 2.75) is 25.9 Å². The number of H-pyrrole nitrogens is 1. The van der Waals surface area contributed by atoms with Gasteiger partial charge < -0.3 is 15.0 Å². The number of nitrogens with one attached hydrogen (secondary N) is 1. The van der Waals surface area contributed by atoms with Crippen molar-refractivity contribution in [2.24, 2.45) is 5.92 Å². The number of aliphatic hydroxyl groups excluding tert-OH is 1. The van der Waals surface area contributed by atoms with E-state index in [0.717, 1.165) is 5.56 Å². The van der Waals surface area contributed by atoms with Crippen molar-refractivity contribution >= 4 is 5.91 Å². The number of aromatic nitrogens is 2. The molecule has 2 N–H and O–H groups in total. The molecular formula is C18H20FN3O3. The molecule has 1 fully saturated rings. The van der Waals surface area contributed by atoms with Gasteiger partial charge in [0.15, 0.2) is 0 Å². The number of halogens is 1. The Morgan fingerprint density at radius 1 is 1.40 bits per heavy atom. The summed E-state index contributed by atoms with van der Waals surface area (Å²) in [6.45, 7) is 2.36. The van der Waals surface area contributed by atoms with Gasteiger partial charge in [0.05, 0.1) is 6.10 Å². The van der Waals surface area contributed by atoms with E-state index in [2.05, 4.69) is 9.97 Å². The number of rotatable bonds is 3. The number of carbonyl (C=O) groups is 1. The Hall–Kier alpha value is -2.54. The predicted molar refractivity (Wildman–Crippen MR) is 89.7 cm³/mol. The molecule has 1 aromatic heterocycles. The van der Waals surface area contributed by atoms with Crippen LogP contribution in [-0.2, 0) is 6.42 Å². The molecule has 2 heterocycles. The maximum absolute atomic E-state index is 13.0. The van der Waals surface area contributed by atoms with Gasteiger partial charge in [0.2, 0.25) is 0 Å². The fourth-order valence-corrected chi connectivity index (χ4v) is 3.18. The van der Waals surface area contributed by atoms with Crippen molar-refractivity contribution in [1.29, 1.82) is 0 Å². The smallest absolute Gasteiger partial charge is 0.345 e. The van der Waals surface area contributed by atoms with Gasteiger partial charge in [-0.25, -0.2) is 9.18 Å². The number of nitrogens with zero attached hydrogens (tertiary/aromatic N) is 2. The number of β-amino-alcohol motifs (C(OH)–C–C–N with tert-alkyl or cyclic N) is 1. The first-order valence-corrected chi connectivity index (χ1v) is 8.22. The summed E-state index contributed by atoms with van der Waals surface area (Å²) in [5.74, 6) is -0.637. The zero-order valence-corrected chi connectivity index (χ0v) is 13.9. The largest absolute Gasteiger partial charge is 0.391 e. The highest BCUT2D eigenvalue weighted by Crippen LogP contribution is 2.23. The predicted octanol–water partition coefficient (Wildman–Crippen LogP) is 1.28. The summed E-state index contributed by atoms with van der Waals surface area (Å²) >= 11 is 0. The molecule has 1 aliphatic rings. The maximum Gasteiger partial charge on any atom is 0.345 e. The molecule has 6 nitrogen and oxygen atoms in total. The monoisotopic (exact) mass is 345 g/mol. The number of likely N-dealkylation sites (tertiary alicyclic amines) is 1. The fourth-order valence-electron chi connectivity index (χ4n) is 3.18. The molecule has 1 amide bonds. The van der Waals surface area contributed by atoms with Crippen LogP contribution in [0.2, 0.25) is 0 Å². The van der Waals surface area contributed by atoms with E-state index in [-0.39, 0.29) is 29.9 Å². The first kappa shape index (κ1) is 17.3. The number of aliphatic hydroxyl groups is 1. The highest BCUT2D eigenvalue weighted by Gasteiger charge is 2.31. The summed E-state index contributed by atoms with van der Waals surface area (Å²) in [6, 6.07) is 7.76.